The molecule has 1 aromatic carbocycles. The van der Waals surface area contributed by atoms with Gasteiger partial charge in [-0.2, -0.15) is 0 Å². The summed E-state index contributed by atoms with van der Waals surface area (Å²) in [7, 11) is 0. The lowest BCUT2D eigenvalue weighted by Gasteiger charge is -2.30. The topological polar surface area (TPSA) is 75.1 Å². The number of hydrogen-bond acceptors (Lipinski definition) is 6. The summed E-state index contributed by atoms with van der Waals surface area (Å²) >= 11 is 0. The fourth-order valence-corrected chi connectivity index (χ4v) is 3.70. The largest absolute Gasteiger partial charge is 0.365 e. The van der Waals surface area contributed by atoms with E-state index < -0.39 is 5.67 Å². The number of halogens is 1. The van der Waals surface area contributed by atoms with Gasteiger partial charge in [-0.15, -0.1) is 0 Å². The molecule has 156 valence electrons. The van der Waals surface area contributed by atoms with Crippen LogP contribution < -0.4 is 10.6 Å². The molecule has 1 aliphatic rings. The molecule has 1 atom stereocenters. The molecule has 0 amide bonds. The summed E-state index contributed by atoms with van der Waals surface area (Å²) in [5, 5.41) is 6.35. The van der Waals surface area contributed by atoms with Gasteiger partial charge >= 0.3 is 0 Å². The van der Waals surface area contributed by atoms with Gasteiger partial charge in [0, 0.05) is 30.2 Å². The number of rotatable bonds is 5. The zero-order valence-corrected chi connectivity index (χ0v) is 17.7. The third-order valence-electron chi connectivity index (χ3n) is 5.30. The van der Waals surface area contributed by atoms with Crippen LogP contribution in [0.5, 0.6) is 0 Å². The minimum absolute atomic E-state index is 0.181. The minimum Gasteiger partial charge on any atom is -0.365 e. The van der Waals surface area contributed by atoms with Gasteiger partial charge in [-0.1, -0.05) is 12.1 Å². The van der Waals surface area contributed by atoms with Crippen molar-refractivity contribution in [2.24, 2.45) is 4.99 Å². The highest BCUT2D eigenvalue weighted by Crippen LogP contribution is 2.30. The molecule has 0 saturated carbocycles. The van der Waals surface area contributed by atoms with Crippen LogP contribution in [0, 0.1) is 6.92 Å². The number of piperidine rings is 1. The summed E-state index contributed by atoms with van der Waals surface area (Å²) < 4.78 is 15.1. The highest BCUT2D eigenvalue weighted by molar-refractivity contribution is 5.89. The van der Waals surface area contributed by atoms with Gasteiger partial charge in [-0.05, 0) is 57.9 Å². The molecular formula is C23H27FN6. The Hall–Kier alpha value is -2.93. The van der Waals surface area contributed by atoms with Crippen LogP contribution in [0.3, 0.4) is 0 Å². The smallest absolute Gasteiger partial charge is 0.155 e. The molecule has 7 heteroatoms. The molecule has 0 spiro atoms. The number of alkyl halides is 1. The molecule has 30 heavy (non-hydrogen) atoms. The Morgan fingerprint density at radius 2 is 2.07 bits per heavy atom. The van der Waals surface area contributed by atoms with Gasteiger partial charge in [0.25, 0.3) is 0 Å². The van der Waals surface area contributed by atoms with E-state index in [1.165, 1.54) is 0 Å². The molecule has 2 N–H and O–H groups in total. The molecular weight excluding hydrogens is 379 g/mol. The Kier molecular flexibility index (Phi) is 5.72. The summed E-state index contributed by atoms with van der Waals surface area (Å²) in [4.78, 5) is 18.3. The van der Waals surface area contributed by atoms with Crippen LogP contribution >= 0.6 is 0 Å². The lowest BCUT2D eigenvalue weighted by atomic mass is 9.96. The molecule has 0 aliphatic carbocycles. The second-order valence-electron chi connectivity index (χ2n) is 8.13. The molecule has 1 aliphatic heterocycles. The van der Waals surface area contributed by atoms with E-state index in [1.54, 1.807) is 12.4 Å². The second-order valence-corrected chi connectivity index (χ2v) is 8.13. The van der Waals surface area contributed by atoms with Crippen LogP contribution in [-0.2, 0) is 0 Å². The van der Waals surface area contributed by atoms with Crippen molar-refractivity contribution in [2.45, 2.75) is 39.3 Å². The van der Waals surface area contributed by atoms with Crippen LogP contribution in [0.15, 0.2) is 41.7 Å². The normalized spacial score (nSPS) is 18.9. The Morgan fingerprint density at radius 3 is 2.83 bits per heavy atom. The van der Waals surface area contributed by atoms with Crippen LogP contribution in [0.25, 0.3) is 22.3 Å². The average molecular weight is 407 g/mol. The standard InChI is InChI=1S/C23H27FN6/c1-15(2)29-18-11-17(6-5-16(18)3)19-12-20-21(27-10-9-26-20)22(30-19)28-14-23(24)7-4-8-25-13-23/h5-6,9-12,25H,4,7-8,13-14H2,1-3H3,(H,28,30). The van der Waals surface area contributed by atoms with Crippen molar-refractivity contribution < 1.29 is 4.39 Å². The minimum atomic E-state index is -1.30. The lowest BCUT2D eigenvalue weighted by Crippen LogP contribution is -2.46. The van der Waals surface area contributed by atoms with E-state index in [0.29, 0.717) is 24.3 Å². The van der Waals surface area contributed by atoms with Crippen molar-refractivity contribution in [3.8, 4) is 11.3 Å². The fraction of sp³-hybridized carbons (Fsp3) is 0.391. The number of pyridine rings is 1. The number of aliphatic imine (C=N–C) groups is 1. The first-order chi connectivity index (χ1) is 14.4. The van der Waals surface area contributed by atoms with Crippen LogP contribution in [0.2, 0.25) is 0 Å². The van der Waals surface area contributed by atoms with Gasteiger partial charge in [-0.25, -0.2) is 14.4 Å². The van der Waals surface area contributed by atoms with Gasteiger partial charge in [0.1, 0.15) is 11.2 Å². The fourth-order valence-electron chi connectivity index (χ4n) is 3.70. The summed E-state index contributed by atoms with van der Waals surface area (Å²) in [6, 6.07) is 8.00. The maximum absolute atomic E-state index is 15.1. The number of benzene rings is 1. The molecule has 1 saturated heterocycles. The van der Waals surface area contributed by atoms with Gasteiger partial charge in [-0.3, -0.25) is 9.98 Å². The summed E-state index contributed by atoms with van der Waals surface area (Å²) in [6.07, 6.45) is 4.65. The average Bonchev–Trinajstić information content (AvgIpc) is 2.73. The Balaban J connectivity index is 1.72. The van der Waals surface area contributed by atoms with Crippen molar-refractivity contribution in [2.75, 3.05) is 25.0 Å². The second kappa shape index (κ2) is 8.44. The lowest BCUT2D eigenvalue weighted by molar-refractivity contribution is 0.137. The summed E-state index contributed by atoms with van der Waals surface area (Å²) in [5.41, 5.74) is 4.76. The van der Waals surface area contributed by atoms with Gasteiger partial charge in [0.15, 0.2) is 5.82 Å². The number of hydrogen-bond donors (Lipinski definition) is 2. The number of nitrogens with one attached hydrogen (secondary N) is 2. The molecule has 3 aromatic rings. The van der Waals surface area contributed by atoms with E-state index in [9.17, 15) is 0 Å². The zero-order valence-electron chi connectivity index (χ0n) is 17.7. The molecule has 1 fully saturated rings. The highest BCUT2D eigenvalue weighted by Gasteiger charge is 2.31. The first-order valence-corrected chi connectivity index (χ1v) is 10.3. The maximum atomic E-state index is 15.1. The van der Waals surface area contributed by atoms with Crippen LogP contribution in [-0.4, -0.2) is 46.0 Å². The molecule has 1 unspecified atom stereocenters. The van der Waals surface area contributed by atoms with Crippen molar-refractivity contribution in [3.63, 3.8) is 0 Å². The number of fused-ring (bicyclic) bond motifs is 1. The Morgan fingerprint density at radius 1 is 1.23 bits per heavy atom. The first kappa shape index (κ1) is 20.3. The highest BCUT2D eigenvalue weighted by atomic mass is 19.1. The predicted molar refractivity (Wildman–Crippen MR) is 120 cm³/mol. The summed E-state index contributed by atoms with van der Waals surface area (Å²) in [6.45, 7) is 7.38. The van der Waals surface area contributed by atoms with Crippen molar-refractivity contribution >= 4 is 28.3 Å². The van der Waals surface area contributed by atoms with E-state index in [-0.39, 0.29) is 6.54 Å². The number of anilines is 1. The van der Waals surface area contributed by atoms with Gasteiger partial charge < -0.3 is 10.6 Å². The SMILES string of the molecule is CC(C)=Nc1cc(-c2cc3nccnc3c(NCC3(F)CCCNC3)n2)ccc1C. The maximum Gasteiger partial charge on any atom is 0.155 e. The predicted octanol–water partition coefficient (Wildman–Crippen LogP) is 4.62. The van der Waals surface area contributed by atoms with E-state index >= 15 is 4.39 Å². The summed E-state index contributed by atoms with van der Waals surface area (Å²) in [5.74, 6) is 0.551. The number of nitrogens with zero attached hydrogens (tertiary/aromatic N) is 4. The molecule has 3 heterocycles. The quantitative estimate of drug-likeness (QED) is 0.605. The number of aryl methyl sites for hydroxylation is 1. The molecule has 0 radical (unpaired) electrons. The number of aromatic nitrogens is 3. The van der Waals surface area contributed by atoms with Crippen molar-refractivity contribution in [1.82, 2.24) is 20.3 Å². The zero-order chi connectivity index (χ0) is 21.1. The van der Waals surface area contributed by atoms with Crippen molar-refractivity contribution in [3.05, 3.63) is 42.2 Å². The van der Waals surface area contributed by atoms with E-state index in [2.05, 4.69) is 25.6 Å². The van der Waals surface area contributed by atoms with Crippen LogP contribution in [0.4, 0.5) is 15.9 Å². The molecule has 6 nitrogen and oxygen atoms in total. The third-order valence-corrected chi connectivity index (χ3v) is 5.30. The third kappa shape index (κ3) is 4.46. The van der Waals surface area contributed by atoms with Gasteiger partial charge in [0.2, 0.25) is 0 Å². The van der Waals surface area contributed by atoms with E-state index in [4.69, 9.17) is 4.98 Å². The van der Waals surface area contributed by atoms with Crippen molar-refractivity contribution in [1.29, 1.82) is 0 Å². The molecule has 4 rings (SSSR count). The monoisotopic (exact) mass is 406 g/mol. The molecule has 2 aromatic heterocycles. The van der Waals surface area contributed by atoms with Crippen LogP contribution in [0.1, 0.15) is 32.3 Å². The Labute approximate surface area is 176 Å². The van der Waals surface area contributed by atoms with Gasteiger partial charge in [0.05, 0.1) is 23.4 Å². The Bertz CT molecular complexity index is 1080. The van der Waals surface area contributed by atoms with E-state index in [1.807, 2.05) is 45.0 Å². The van der Waals surface area contributed by atoms with E-state index in [0.717, 1.165) is 46.7 Å². The molecule has 0 bridgehead atoms. The first-order valence-electron chi connectivity index (χ1n) is 10.3.